The van der Waals surface area contributed by atoms with Gasteiger partial charge < -0.3 is 116 Å². The largest absolute Gasteiger partial charge is 0.508 e. The molecular formula is C82H117N19O21S3. The molecule has 2 aromatic heterocycles. The van der Waals surface area contributed by atoms with Crippen LogP contribution >= 0.6 is 37.0 Å². The number of nitrogens with two attached hydrogens (primary N) is 2. The van der Waals surface area contributed by atoms with Crippen LogP contribution in [0, 0.1) is 17.8 Å². The number of phenols is 1. The second-order valence-corrected chi connectivity index (χ2v) is 32.5. The molecular weight excluding hydrogens is 1680 g/mol. The van der Waals surface area contributed by atoms with Crippen LogP contribution in [0.3, 0.4) is 0 Å². The first-order chi connectivity index (χ1) is 59.2. The molecule has 2 heterocycles. The number of phenolic OH excluding ortho intramolecular Hbond substituents is 1. The fourth-order valence-corrected chi connectivity index (χ4v) is 13.7. The van der Waals surface area contributed by atoms with Crippen molar-refractivity contribution >= 4 is 148 Å². The molecule has 0 aliphatic rings. The van der Waals surface area contributed by atoms with E-state index in [0.717, 1.165) is 17.8 Å². The molecule has 17 atom stereocenters. The number of aromatic amines is 2. The molecule has 0 spiro atoms. The lowest BCUT2D eigenvalue weighted by atomic mass is 9.96. The summed E-state index contributed by atoms with van der Waals surface area (Å²) in [6.45, 7) is 11.9. The predicted octanol–water partition coefficient (Wildman–Crippen LogP) is -2.41. The van der Waals surface area contributed by atoms with Crippen LogP contribution in [0.2, 0.25) is 0 Å². The van der Waals surface area contributed by atoms with E-state index in [1.165, 1.54) is 55.5 Å². The number of carboxylic acid groups (broad SMARTS) is 2. The van der Waals surface area contributed by atoms with E-state index < -0.39 is 234 Å². The molecule has 125 heavy (non-hydrogen) atoms. The number of H-pyrrole nitrogens is 2. The first-order valence-electron chi connectivity index (χ1n) is 40.6. The maximum atomic E-state index is 14.8. The highest BCUT2D eigenvalue weighted by Gasteiger charge is 2.40. The number of nitrogens with zero attached hydrogens (tertiary/aromatic N) is 1. The number of carboxylic acids is 2. The average Bonchev–Trinajstić information content (AvgIpc) is 1.66. The number of nitrogens with one attached hydrogen (secondary N) is 16. The molecule has 24 N–H and O–H groups in total. The van der Waals surface area contributed by atoms with E-state index in [1.807, 2.05) is 25.1 Å². The number of aliphatic carboxylic acids is 2. The lowest BCUT2D eigenvalue weighted by molar-refractivity contribution is -0.143. The number of aliphatic hydroxyl groups is 1. The molecule has 0 bridgehead atoms. The number of carbonyl (C=O) groups is 17. The van der Waals surface area contributed by atoms with Crippen molar-refractivity contribution in [2.45, 2.75) is 217 Å². The van der Waals surface area contributed by atoms with Crippen LogP contribution in [-0.4, -0.2) is 257 Å². The fraction of sp³-hybridized carbons (Fsp3) is 0.512. The Morgan fingerprint density at radius 3 is 1.54 bits per heavy atom. The van der Waals surface area contributed by atoms with Crippen LogP contribution in [0.15, 0.2) is 97.6 Å². The third-order valence-corrected chi connectivity index (χ3v) is 21.8. The molecule has 684 valence electrons. The number of imidazole rings is 1. The van der Waals surface area contributed by atoms with Crippen molar-refractivity contribution in [1.29, 1.82) is 0 Å². The van der Waals surface area contributed by atoms with Gasteiger partial charge in [-0.25, -0.2) is 9.78 Å². The summed E-state index contributed by atoms with van der Waals surface area (Å²) >= 11 is 9.83. The summed E-state index contributed by atoms with van der Waals surface area (Å²) in [5, 5.41) is 76.1. The molecule has 3 aromatic carbocycles. The third-order valence-electron chi connectivity index (χ3n) is 20.4. The summed E-state index contributed by atoms with van der Waals surface area (Å²) in [5.74, 6) is -19.6. The van der Waals surface area contributed by atoms with Crippen LogP contribution in [0.5, 0.6) is 5.75 Å². The number of hydrogen-bond donors (Lipinski definition) is 24. The number of fused-ring (bicyclic) bond motifs is 1. The zero-order valence-corrected chi connectivity index (χ0v) is 73.5. The van der Waals surface area contributed by atoms with Crippen molar-refractivity contribution in [3.8, 4) is 5.75 Å². The van der Waals surface area contributed by atoms with Crippen molar-refractivity contribution in [2.75, 3.05) is 30.1 Å². The first-order valence-corrected chi connectivity index (χ1v) is 43.3. The van der Waals surface area contributed by atoms with Gasteiger partial charge in [0.15, 0.2) is 0 Å². The van der Waals surface area contributed by atoms with E-state index in [-0.39, 0.29) is 68.2 Å². The summed E-state index contributed by atoms with van der Waals surface area (Å²) in [5.41, 5.74) is 14.6. The molecule has 43 heteroatoms. The molecule has 0 unspecified atom stereocenters. The van der Waals surface area contributed by atoms with Crippen LogP contribution in [0.25, 0.3) is 10.9 Å². The van der Waals surface area contributed by atoms with E-state index in [2.05, 4.69) is 115 Å². The Morgan fingerprint density at radius 1 is 0.488 bits per heavy atom. The van der Waals surface area contributed by atoms with Gasteiger partial charge in [-0.15, -0.1) is 0 Å². The Hall–Kier alpha value is -11.8. The van der Waals surface area contributed by atoms with Crippen molar-refractivity contribution in [1.82, 2.24) is 89.4 Å². The molecule has 15 amide bonds. The maximum absolute atomic E-state index is 14.8. The van der Waals surface area contributed by atoms with E-state index >= 15 is 0 Å². The number of thiol groups is 2. The van der Waals surface area contributed by atoms with Gasteiger partial charge in [0.25, 0.3) is 0 Å². The van der Waals surface area contributed by atoms with Gasteiger partial charge in [0.05, 0.1) is 31.4 Å². The van der Waals surface area contributed by atoms with Gasteiger partial charge in [-0.1, -0.05) is 115 Å². The predicted molar refractivity (Wildman–Crippen MR) is 467 cm³/mol. The summed E-state index contributed by atoms with van der Waals surface area (Å²) in [6, 6.07) is -0.203. The molecule has 5 rings (SSSR count). The Labute approximate surface area is 737 Å². The number of aliphatic hydroxyl groups excluding tert-OH is 1. The highest BCUT2D eigenvalue weighted by molar-refractivity contribution is 7.98. The van der Waals surface area contributed by atoms with Crippen LogP contribution < -0.4 is 85.9 Å². The van der Waals surface area contributed by atoms with Crippen LogP contribution in [0.1, 0.15) is 123 Å². The number of para-hydroxylation sites is 1. The second-order valence-electron chi connectivity index (χ2n) is 30.8. The van der Waals surface area contributed by atoms with Gasteiger partial charge in [0.2, 0.25) is 88.6 Å². The number of primary amides is 1. The maximum Gasteiger partial charge on any atom is 0.326 e. The number of aromatic nitrogens is 3. The summed E-state index contributed by atoms with van der Waals surface area (Å²) in [7, 11) is 0. The normalized spacial score (nSPS) is 15.3. The molecule has 0 fully saturated rings. The number of hydrogen-bond acceptors (Lipinski definition) is 24. The Balaban J connectivity index is 1.28. The Kier molecular flexibility index (Phi) is 43.2. The van der Waals surface area contributed by atoms with Gasteiger partial charge in [-0.3, -0.25) is 76.7 Å². The van der Waals surface area contributed by atoms with Gasteiger partial charge in [-0.05, 0) is 97.8 Å². The minimum atomic E-state index is -1.95. The molecule has 0 aliphatic heterocycles. The van der Waals surface area contributed by atoms with Crippen LogP contribution in [0.4, 0.5) is 0 Å². The van der Waals surface area contributed by atoms with E-state index in [4.69, 9.17) is 11.5 Å². The van der Waals surface area contributed by atoms with Crippen molar-refractivity contribution in [2.24, 2.45) is 29.2 Å². The summed E-state index contributed by atoms with van der Waals surface area (Å²) in [6.07, 6.45) is 1.98. The van der Waals surface area contributed by atoms with Gasteiger partial charge >= 0.3 is 11.9 Å². The minimum absolute atomic E-state index is 0.0655. The van der Waals surface area contributed by atoms with Crippen molar-refractivity contribution in [3.05, 3.63) is 120 Å². The number of benzene rings is 3. The lowest BCUT2D eigenvalue weighted by Gasteiger charge is -2.29. The summed E-state index contributed by atoms with van der Waals surface area (Å²) < 4.78 is 0. The van der Waals surface area contributed by atoms with Crippen LogP contribution in [-0.2, 0) is 107 Å². The van der Waals surface area contributed by atoms with Gasteiger partial charge in [0, 0.05) is 72.6 Å². The highest BCUT2D eigenvalue weighted by atomic mass is 32.2. The quantitative estimate of drug-likeness (QED) is 0.0180. The zero-order valence-electron chi connectivity index (χ0n) is 70.9. The number of carbonyl (C=O) groups excluding carboxylic acids is 15. The Bertz CT molecular complexity index is 4510. The number of rotatable bonds is 54. The number of aromatic hydroxyl groups is 1. The summed E-state index contributed by atoms with van der Waals surface area (Å²) in [4.78, 5) is 244. The zero-order chi connectivity index (χ0) is 92.9. The van der Waals surface area contributed by atoms with E-state index in [9.17, 15) is 102 Å². The highest BCUT2D eigenvalue weighted by Crippen LogP contribution is 2.22. The smallest absolute Gasteiger partial charge is 0.326 e. The third kappa shape index (κ3) is 34.3. The van der Waals surface area contributed by atoms with E-state index in [1.54, 1.807) is 83.5 Å². The fourth-order valence-electron chi connectivity index (χ4n) is 12.7. The SMILES string of the molecule is CC[C@H](C)[C@H](N)C(=O)N[C@@H](Cc1c[nH]c2ccccc12)C(=O)N[C@@H](Cc1ccc(O)cc1)C(=O)N[C@H](C(=O)N[C@@H](CC(N)=O)C(=O)N[C@@H](CS)C(=O)N[C@@H](Cc1ccccc1)C(=O)NCC(=O)N[C@@H](CS)C(=O)N[C@@H](CCC(=O)O)C(=O)N[C@H](C(=O)N[C@@H](Cc1cnc[nH]1)C(=O)N[C@@H](C)C(=O)N[C@@H](CCSC)C(=O)N[C@@H](CC(C)C)C(=O)O)[C@@H](C)O)[C@@H](C)CC. The van der Waals surface area contributed by atoms with Gasteiger partial charge in [0.1, 0.15) is 84.3 Å². The number of thioether (sulfide) groups is 1. The first kappa shape index (κ1) is 104. The molecule has 0 saturated carbocycles. The molecule has 0 saturated heterocycles. The molecule has 0 aliphatic carbocycles. The molecule has 0 radical (unpaired) electrons. The minimum Gasteiger partial charge on any atom is -0.508 e. The number of amides is 15. The molecule has 5 aromatic rings. The second kappa shape index (κ2) is 52.1. The monoisotopic (exact) mass is 1800 g/mol. The lowest BCUT2D eigenvalue weighted by Crippen LogP contribution is -2.62. The Morgan fingerprint density at radius 2 is 0.960 bits per heavy atom. The molecule has 40 nitrogen and oxygen atoms in total. The standard InChI is InChI=1S/C82H117N19O21S3/c1-10-42(5)66(84)79(118)95-57(32-48-35-86-52-20-16-15-19-51(48)52)74(113)94-56(31-47-21-23-50(103)24-22-47)76(115)100-67(43(6)11-2)80(119)97-59(34-63(83)104)75(114)99-62(39-124)78(117)93-55(30-46-17-13-12-14-18-46)70(109)87-37-64(105)90-61(38-123)77(116)92-53(25-26-65(106)107)72(111)101-68(45(8)102)81(120)96-58(33-49-36-85-40-88-49)73(112)89-44(7)69(108)91-54(27-28-125-9)71(110)98-60(82(121)122)29-41(3)4/h12-24,35-36,40-45,53-62,66-68,86,102-103,123-124H,10-11,25-34,37-39,84H2,1-9H3,(H2,83,104)(H,85,88)(H,87,109)(H,89,112)(H,90,105)(H,91,108)(H,92,116)(H,93,117)(H,94,113)(H,95,118)(H,96,120)(H,97,119)(H,98,110)(H,99,114)(H,100,115)(H,101,111)(H,106,107)(H,121,122)/t42-,43-,44-,45+,53-,54-,55-,56-,57-,58-,59-,60-,61-,62-,66-,67-,68-/m0/s1. The van der Waals surface area contributed by atoms with Crippen molar-refractivity contribution < 1.29 is 102 Å². The van der Waals surface area contributed by atoms with Crippen molar-refractivity contribution in [3.63, 3.8) is 0 Å². The average molecular weight is 1800 g/mol. The van der Waals surface area contributed by atoms with Gasteiger partial charge in [-0.2, -0.15) is 37.0 Å². The van der Waals surface area contributed by atoms with E-state index in [0.29, 0.717) is 28.9 Å². The topological polar surface area (TPSA) is 636 Å².